The minimum atomic E-state index is -4.42. The number of hydrogen-bond donors (Lipinski definition) is 3. The average Bonchev–Trinajstić information content (AvgIpc) is 3.36. The van der Waals surface area contributed by atoms with Crippen molar-refractivity contribution in [1.82, 2.24) is 9.55 Å². The number of halogens is 1. The maximum atomic E-state index is 13.6. The van der Waals surface area contributed by atoms with Gasteiger partial charge < -0.3 is 14.7 Å². The molecule has 0 aromatic carbocycles. The minimum absolute atomic E-state index is 0.0363. The first kappa shape index (κ1) is 36.5. The molecule has 2 aliphatic rings. The summed E-state index contributed by atoms with van der Waals surface area (Å²) in [6.07, 6.45) is 18.1. The van der Waals surface area contributed by atoms with Gasteiger partial charge in [-0.15, -0.1) is 0 Å². The van der Waals surface area contributed by atoms with Crippen LogP contribution in [0, 0.1) is 11.7 Å². The Morgan fingerprint density at radius 2 is 1.67 bits per heavy atom. The summed E-state index contributed by atoms with van der Waals surface area (Å²) in [6, 6.07) is 0. The van der Waals surface area contributed by atoms with Gasteiger partial charge in [0.2, 0.25) is 5.82 Å². The summed E-state index contributed by atoms with van der Waals surface area (Å²) >= 11 is 1.66. The van der Waals surface area contributed by atoms with Crippen molar-refractivity contribution >= 4 is 19.6 Å². The fraction of sp³-hybridized carbons (Fsp3) is 0.867. The molecule has 1 saturated heterocycles. The zero-order chi connectivity index (χ0) is 31.1. The Kier molecular flexibility index (Phi) is 16.5. The Bertz CT molecular complexity index is 1100. The highest BCUT2D eigenvalue weighted by atomic mass is 32.2. The summed E-state index contributed by atoms with van der Waals surface area (Å²) < 4.78 is 42.7. The zero-order valence-electron chi connectivity index (χ0n) is 25.6. The quantitative estimate of drug-likeness (QED) is 0.101. The van der Waals surface area contributed by atoms with E-state index in [-0.39, 0.29) is 13.0 Å². The summed E-state index contributed by atoms with van der Waals surface area (Å²) in [5.74, 6) is 1.36. The molecular weight excluding hydrogens is 598 g/mol. The van der Waals surface area contributed by atoms with Gasteiger partial charge in [0.1, 0.15) is 12.3 Å². The van der Waals surface area contributed by atoms with Gasteiger partial charge in [0.05, 0.1) is 25.0 Å². The largest absolute Gasteiger partial charge is 0.472 e. The summed E-state index contributed by atoms with van der Waals surface area (Å²) in [4.78, 5) is 35.2. The molecule has 1 aromatic heterocycles. The molecule has 1 saturated carbocycles. The van der Waals surface area contributed by atoms with E-state index in [1.54, 1.807) is 11.8 Å². The highest BCUT2D eigenvalue weighted by Crippen LogP contribution is 2.46. The van der Waals surface area contributed by atoms with Crippen molar-refractivity contribution in [3.8, 4) is 0 Å². The van der Waals surface area contributed by atoms with Crippen molar-refractivity contribution in [2.24, 2.45) is 5.92 Å². The number of phosphoric acid groups is 1. The Hall–Kier alpha value is -1.01. The topological polar surface area (TPSA) is 140 Å². The van der Waals surface area contributed by atoms with E-state index in [0.717, 1.165) is 22.7 Å². The van der Waals surface area contributed by atoms with Gasteiger partial charge in [-0.25, -0.2) is 9.36 Å². The maximum absolute atomic E-state index is 13.6. The molecule has 43 heavy (non-hydrogen) atoms. The molecule has 2 fully saturated rings. The SMILES string of the molecule is C[C@@H](OP(=O)(O)OCCSCCCCCCCCCCCCC1CCCCC1)[C@H]1O[C@@H](n2cc(F)c(=O)[nH]c2=O)C[C@@H]1O. The molecule has 3 N–H and O–H groups in total. The molecule has 0 radical (unpaired) electrons. The number of aromatic nitrogens is 2. The van der Waals surface area contributed by atoms with E-state index >= 15 is 0 Å². The van der Waals surface area contributed by atoms with E-state index in [2.05, 4.69) is 0 Å². The fourth-order valence-electron chi connectivity index (χ4n) is 6.09. The number of unbranched alkanes of at least 4 members (excludes halogenated alkanes) is 9. The molecule has 2 heterocycles. The van der Waals surface area contributed by atoms with Crippen molar-refractivity contribution in [3.05, 3.63) is 32.9 Å². The van der Waals surface area contributed by atoms with Crippen molar-refractivity contribution in [3.63, 3.8) is 0 Å². The highest BCUT2D eigenvalue weighted by molar-refractivity contribution is 7.99. The fourth-order valence-corrected chi connectivity index (χ4v) is 7.95. The number of nitrogens with zero attached hydrogens (tertiary/aromatic N) is 1. The third-order valence-corrected chi connectivity index (χ3v) is 10.6. The summed E-state index contributed by atoms with van der Waals surface area (Å²) in [7, 11) is -4.42. The normalized spacial score (nSPS) is 23.4. The number of rotatable bonds is 21. The molecule has 1 aliphatic heterocycles. The number of phosphoric ester groups is 1. The van der Waals surface area contributed by atoms with Gasteiger partial charge in [0.25, 0.3) is 5.56 Å². The number of ether oxygens (including phenoxy) is 1. The summed E-state index contributed by atoms with van der Waals surface area (Å²) in [5.41, 5.74) is -2.05. The first-order chi connectivity index (χ1) is 20.7. The predicted molar refractivity (Wildman–Crippen MR) is 167 cm³/mol. The molecule has 1 unspecified atom stereocenters. The molecule has 5 atom stereocenters. The van der Waals surface area contributed by atoms with E-state index in [4.69, 9.17) is 13.8 Å². The van der Waals surface area contributed by atoms with E-state index in [9.17, 15) is 28.5 Å². The molecule has 0 amide bonds. The van der Waals surface area contributed by atoms with Gasteiger partial charge >= 0.3 is 13.5 Å². The molecule has 1 aliphatic carbocycles. The van der Waals surface area contributed by atoms with Crippen LogP contribution in [0.15, 0.2) is 15.8 Å². The Balaban J connectivity index is 1.16. The Morgan fingerprint density at radius 1 is 1.05 bits per heavy atom. The number of aromatic amines is 1. The lowest BCUT2D eigenvalue weighted by Crippen LogP contribution is -2.35. The lowest BCUT2D eigenvalue weighted by Gasteiger charge is -2.24. The van der Waals surface area contributed by atoms with E-state index < -0.39 is 49.4 Å². The van der Waals surface area contributed by atoms with Crippen molar-refractivity contribution in [2.45, 2.75) is 141 Å². The van der Waals surface area contributed by atoms with Crippen LogP contribution < -0.4 is 11.2 Å². The third-order valence-electron chi connectivity index (χ3n) is 8.49. The predicted octanol–water partition coefficient (Wildman–Crippen LogP) is 6.45. The Morgan fingerprint density at radius 3 is 2.35 bits per heavy atom. The molecule has 248 valence electrons. The molecule has 3 rings (SSSR count). The molecule has 13 heteroatoms. The summed E-state index contributed by atoms with van der Waals surface area (Å²) in [6.45, 7) is 1.47. The monoisotopic (exact) mass is 650 g/mol. The van der Waals surface area contributed by atoms with Crippen molar-refractivity contribution < 1.29 is 32.7 Å². The second-order valence-electron chi connectivity index (χ2n) is 12.1. The number of aliphatic hydroxyl groups excluding tert-OH is 1. The molecule has 10 nitrogen and oxygen atoms in total. The molecular formula is C30H52FN2O8PS. The number of hydrogen-bond acceptors (Lipinski definition) is 8. The first-order valence-electron chi connectivity index (χ1n) is 16.2. The summed E-state index contributed by atoms with van der Waals surface area (Å²) in [5, 5.41) is 10.4. The lowest BCUT2D eigenvalue weighted by atomic mass is 9.85. The molecule has 0 bridgehead atoms. The molecule has 0 spiro atoms. The zero-order valence-corrected chi connectivity index (χ0v) is 27.3. The average molecular weight is 651 g/mol. The van der Waals surface area contributed by atoms with Gasteiger partial charge in [-0.2, -0.15) is 16.2 Å². The van der Waals surface area contributed by atoms with Gasteiger partial charge in [0.15, 0.2) is 0 Å². The smallest absolute Gasteiger partial charge is 0.390 e. The van der Waals surface area contributed by atoms with Crippen LogP contribution >= 0.6 is 19.6 Å². The van der Waals surface area contributed by atoms with Crippen LogP contribution in [-0.4, -0.2) is 56.0 Å². The number of nitrogens with one attached hydrogen (secondary N) is 1. The Labute approximate surface area is 259 Å². The number of thioether (sulfide) groups is 1. The number of aliphatic hydroxyl groups is 1. The molecule has 1 aromatic rings. The van der Waals surface area contributed by atoms with Gasteiger partial charge in [0, 0.05) is 12.2 Å². The second-order valence-corrected chi connectivity index (χ2v) is 14.7. The van der Waals surface area contributed by atoms with Crippen LogP contribution in [0.4, 0.5) is 4.39 Å². The van der Waals surface area contributed by atoms with Gasteiger partial charge in [-0.3, -0.25) is 23.4 Å². The van der Waals surface area contributed by atoms with Crippen LogP contribution in [0.25, 0.3) is 0 Å². The third kappa shape index (κ3) is 13.5. The van der Waals surface area contributed by atoms with Gasteiger partial charge in [-0.05, 0) is 25.0 Å². The number of H-pyrrole nitrogens is 1. The van der Waals surface area contributed by atoms with E-state index in [0.29, 0.717) is 11.9 Å². The lowest BCUT2D eigenvalue weighted by molar-refractivity contribution is -0.0765. The van der Waals surface area contributed by atoms with Crippen LogP contribution in [0.5, 0.6) is 0 Å². The van der Waals surface area contributed by atoms with Crippen LogP contribution in [0.2, 0.25) is 0 Å². The van der Waals surface area contributed by atoms with Crippen LogP contribution in [0.3, 0.4) is 0 Å². The van der Waals surface area contributed by atoms with Crippen molar-refractivity contribution in [2.75, 3.05) is 18.1 Å². The van der Waals surface area contributed by atoms with E-state index in [1.807, 2.05) is 4.98 Å². The van der Waals surface area contributed by atoms with Gasteiger partial charge in [-0.1, -0.05) is 96.3 Å². The minimum Gasteiger partial charge on any atom is -0.390 e. The van der Waals surface area contributed by atoms with Crippen molar-refractivity contribution in [1.29, 1.82) is 0 Å². The maximum Gasteiger partial charge on any atom is 0.472 e. The second kappa shape index (κ2) is 19.5. The van der Waals surface area contributed by atoms with E-state index in [1.165, 1.54) is 103 Å². The van der Waals surface area contributed by atoms with Crippen LogP contribution in [0.1, 0.15) is 122 Å². The first-order valence-corrected chi connectivity index (χ1v) is 18.9. The standard InChI is InChI=1S/C30H52FN2O8PS/c1-23(28-26(34)21-27(40-28)33-22-25(31)29(35)32-30(33)36)41-42(37,38)39-18-20-43-19-14-9-7-5-3-2-4-6-8-11-15-24-16-12-10-13-17-24/h22-24,26-28,34H,2-21H2,1H3,(H,37,38)(H,32,35,36)/t23-,26+,27-,28-/m1/s1. The van der Waals surface area contributed by atoms with Crippen LogP contribution in [-0.2, 0) is 18.3 Å². The highest BCUT2D eigenvalue weighted by Gasteiger charge is 2.42.